The van der Waals surface area contributed by atoms with Crippen LogP contribution in [0, 0.1) is 0 Å². The molecule has 5 heteroatoms. The predicted molar refractivity (Wildman–Crippen MR) is 86.1 cm³/mol. The highest BCUT2D eigenvalue weighted by Gasteiger charge is 2.17. The zero-order chi connectivity index (χ0) is 14.8. The molecule has 0 amide bonds. The molecule has 0 unspecified atom stereocenters. The van der Waals surface area contributed by atoms with Crippen LogP contribution < -0.4 is 10.1 Å². The van der Waals surface area contributed by atoms with Crippen molar-refractivity contribution in [3.8, 4) is 5.75 Å². The summed E-state index contributed by atoms with van der Waals surface area (Å²) >= 11 is 7.77. The number of anilines is 1. The van der Waals surface area contributed by atoms with E-state index in [0.29, 0.717) is 17.3 Å². The smallest absolute Gasteiger partial charge is 0.137 e. The van der Waals surface area contributed by atoms with Crippen LogP contribution in [-0.4, -0.2) is 12.1 Å². The van der Waals surface area contributed by atoms with E-state index in [9.17, 15) is 0 Å². The van der Waals surface area contributed by atoms with Gasteiger partial charge in [-0.05, 0) is 18.2 Å². The second-order valence-electron chi connectivity index (χ2n) is 5.58. The highest BCUT2D eigenvalue weighted by Crippen LogP contribution is 2.28. The number of rotatable bonds is 4. The fraction of sp³-hybridized carbons (Fsp3) is 0.400. The van der Waals surface area contributed by atoms with Crippen LogP contribution in [0.2, 0.25) is 5.02 Å². The Labute approximate surface area is 129 Å². The van der Waals surface area contributed by atoms with Gasteiger partial charge < -0.3 is 10.1 Å². The molecule has 0 spiro atoms. The maximum Gasteiger partial charge on any atom is 0.137 e. The number of halogens is 1. The van der Waals surface area contributed by atoms with Crippen LogP contribution in [0.4, 0.5) is 5.69 Å². The van der Waals surface area contributed by atoms with Crippen molar-refractivity contribution >= 4 is 28.6 Å². The Bertz CT molecular complexity index is 590. The molecule has 2 aromatic rings. The van der Waals surface area contributed by atoms with E-state index in [1.807, 2.05) is 18.2 Å². The molecule has 3 nitrogen and oxygen atoms in total. The van der Waals surface area contributed by atoms with Crippen LogP contribution in [0.3, 0.4) is 0 Å². The predicted octanol–water partition coefficient (Wildman–Crippen LogP) is 4.71. The van der Waals surface area contributed by atoms with Gasteiger partial charge in [0, 0.05) is 16.5 Å². The first-order valence-corrected chi connectivity index (χ1v) is 7.68. The van der Waals surface area contributed by atoms with Crippen molar-refractivity contribution in [3.63, 3.8) is 0 Å². The molecule has 2 rings (SSSR count). The standard InChI is InChI=1S/C15H19ClN2OS/c1-15(2,3)13-9-20-14(18-13)8-17-10-5-6-12(19-4)11(16)7-10/h5-7,9,17H,8H2,1-4H3. The quantitative estimate of drug-likeness (QED) is 0.887. The van der Waals surface area contributed by atoms with Crippen LogP contribution in [-0.2, 0) is 12.0 Å². The van der Waals surface area contributed by atoms with Crippen molar-refractivity contribution in [2.24, 2.45) is 0 Å². The molecule has 1 N–H and O–H groups in total. The lowest BCUT2D eigenvalue weighted by Crippen LogP contribution is -2.11. The fourth-order valence-electron chi connectivity index (χ4n) is 1.69. The molecule has 0 fully saturated rings. The van der Waals surface area contributed by atoms with E-state index < -0.39 is 0 Å². The van der Waals surface area contributed by atoms with E-state index in [-0.39, 0.29) is 5.41 Å². The van der Waals surface area contributed by atoms with Crippen LogP contribution in [0.25, 0.3) is 0 Å². The number of nitrogens with zero attached hydrogens (tertiary/aromatic N) is 1. The Morgan fingerprint density at radius 3 is 2.65 bits per heavy atom. The van der Waals surface area contributed by atoms with Gasteiger partial charge >= 0.3 is 0 Å². The van der Waals surface area contributed by atoms with Crippen molar-refractivity contribution in [3.05, 3.63) is 39.3 Å². The fourth-order valence-corrected chi connectivity index (χ4v) is 2.91. The highest BCUT2D eigenvalue weighted by atomic mass is 35.5. The Balaban J connectivity index is 2.02. The molecule has 1 aromatic carbocycles. The summed E-state index contributed by atoms with van der Waals surface area (Å²) in [6.45, 7) is 7.21. The van der Waals surface area contributed by atoms with Crippen molar-refractivity contribution < 1.29 is 4.74 Å². The molecule has 108 valence electrons. The Hall–Kier alpha value is -1.26. The first kappa shape index (κ1) is 15.1. The zero-order valence-corrected chi connectivity index (χ0v) is 13.7. The molecule has 1 heterocycles. The third-order valence-corrected chi connectivity index (χ3v) is 4.06. The Kier molecular flexibility index (Phi) is 4.55. The summed E-state index contributed by atoms with van der Waals surface area (Å²) in [5.41, 5.74) is 2.19. The minimum absolute atomic E-state index is 0.0954. The number of ether oxygens (including phenoxy) is 1. The molecular formula is C15H19ClN2OS. The van der Waals surface area contributed by atoms with E-state index in [1.54, 1.807) is 18.4 Å². The minimum atomic E-state index is 0.0954. The molecule has 0 saturated heterocycles. The van der Waals surface area contributed by atoms with E-state index in [4.69, 9.17) is 16.3 Å². The molecule has 0 radical (unpaired) electrons. The maximum absolute atomic E-state index is 6.10. The number of nitrogens with one attached hydrogen (secondary N) is 1. The molecule has 20 heavy (non-hydrogen) atoms. The minimum Gasteiger partial charge on any atom is -0.495 e. The van der Waals surface area contributed by atoms with Gasteiger partial charge in [0.2, 0.25) is 0 Å². The van der Waals surface area contributed by atoms with Crippen LogP contribution in [0.15, 0.2) is 23.6 Å². The molecule has 0 aliphatic rings. The second kappa shape index (κ2) is 6.02. The molecule has 1 aromatic heterocycles. The normalized spacial score (nSPS) is 11.4. The lowest BCUT2D eigenvalue weighted by Gasteiger charge is -2.14. The van der Waals surface area contributed by atoms with Crippen molar-refractivity contribution in [1.82, 2.24) is 4.98 Å². The van der Waals surface area contributed by atoms with Crippen LogP contribution >= 0.6 is 22.9 Å². The Morgan fingerprint density at radius 2 is 2.10 bits per heavy atom. The molecule has 0 aliphatic carbocycles. The second-order valence-corrected chi connectivity index (χ2v) is 6.93. The summed E-state index contributed by atoms with van der Waals surface area (Å²) in [6, 6.07) is 5.66. The van der Waals surface area contributed by atoms with Gasteiger partial charge in [-0.15, -0.1) is 11.3 Å². The number of benzene rings is 1. The number of methoxy groups -OCH3 is 1. The number of aromatic nitrogens is 1. The maximum atomic E-state index is 6.10. The highest BCUT2D eigenvalue weighted by molar-refractivity contribution is 7.09. The molecular weight excluding hydrogens is 292 g/mol. The van der Waals surface area contributed by atoms with Crippen LogP contribution in [0.1, 0.15) is 31.5 Å². The summed E-state index contributed by atoms with van der Waals surface area (Å²) in [5.74, 6) is 0.682. The summed E-state index contributed by atoms with van der Waals surface area (Å²) < 4.78 is 5.13. The molecule has 0 saturated carbocycles. The van der Waals surface area contributed by atoms with Gasteiger partial charge in [-0.1, -0.05) is 32.4 Å². The summed E-state index contributed by atoms with van der Waals surface area (Å²) in [6.07, 6.45) is 0. The number of hydrogen-bond acceptors (Lipinski definition) is 4. The van der Waals surface area contributed by atoms with Crippen molar-refractivity contribution in [2.45, 2.75) is 32.7 Å². The summed E-state index contributed by atoms with van der Waals surface area (Å²) in [4.78, 5) is 4.65. The Morgan fingerprint density at radius 1 is 1.35 bits per heavy atom. The SMILES string of the molecule is COc1ccc(NCc2nc(C(C)(C)C)cs2)cc1Cl. The number of hydrogen-bond donors (Lipinski definition) is 1. The number of thiazole rings is 1. The van der Waals surface area contributed by atoms with Crippen molar-refractivity contribution in [1.29, 1.82) is 0 Å². The first-order chi connectivity index (χ1) is 9.40. The molecule has 0 atom stereocenters. The average molecular weight is 311 g/mol. The third-order valence-electron chi connectivity index (χ3n) is 2.92. The van der Waals surface area contributed by atoms with Gasteiger partial charge in [-0.25, -0.2) is 4.98 Å². The lowest BCUT2D eigenvalue weighted by atomic mass is 9.93. The summed E-state index contributed by atoms with van der Waals surface area (Å²) in [7, 11) is 1.61. The monoisotopic (exact) mass is 310 g/mol. The van der Waals surface area contributed by atoms with Gasteiger partial charge in [0.1, 0.15) is 10.8 Å². The van der Waals surface area contributed by atoms with E-state index >= 15 is 0 Å². The van der Waals surface area contributed by atoms with E-state index in [2.05, 4.69) is 36.5 Å². The van der Waals surface area contributed by atoms with E-state index in [0.717, 1.165) is 16.4 Å². The average Bonchev–Trinajstić information content (AvgIpc) is 2.85. The zero-order valence-electron chi connectivity index (χ0n) is 12.2. The first-order valence-electron chi connectivity index (χ1n) is 6.42. The van der Waals surface area contributed by atoms with Gasteiger partial charge in [-0.2, -0.15) is 0 Å². The van der Waals surface area contributed by atoms with Gasteiger partial charge in [-0.3, -0.25) is 0 Å². The van der Waals surface area contributed by atoms with Crippen LogP contribution in [0.5, 0.6) is 5.75 Å². The van der Waals surface area contributed by atoms with E-state index in [1.165, 1.54) is 0 Å². The van der Waals surface area contributed by atoms with Gasteiger partial charge in [0.25, 0.3) is 0 Å². The van der Waals surface area contributed by atoms with Crippen molar-refractivity contribution in [2.75, 3.05) is 12.4 Å². The molecule has 0 aliphatic heterocycles. The summed E-state index contributed by atoms with van der Waals surface area (Å²) in [5, 5.41) is 7.12. The topological polar surface area (TPSA) is 34.1 Å². The van der Waals surface area contributed by atoms with Gasteiger partial charge in [0.15, 0.2) is 0 Å². The third kappa shape index (κ3) is 3.64. The lowest BCUT2D eigenvalue weighted by molar-refractivity contribution is 0.415. The van der Waals surface area contributed by atoms with Gasteiger partial charge in [0.05, 0.1) is 24.4 Å². The molecule has 0 bridgehead atoms. The largest absolute Gasteiger partial charge is 0.495 e.